The van der Waals surface area contributed by atoms with Crippen molar-refractivity contribution >= 4 is 0 Å². The maximum absolute atomic E-state index is 10.0. The average molecular weight is 234 g/mol. The van der Waals surface area contributed by atoms with Crippen molar-refractivity contribution in [3.8, 4) is 5.75 Å². The molecule has 1 fully saturated rings. The first-order valence-corrected chi connectivity index (χ1v) is 6.55. The Kier molecular flexibility index (Phi) is 4.06. The molecule has 0 spiro atoms. The maximum atomic E-state index is 10.0. The van der Waals surface area contributed by atoms with E-state index in [0.717, 1.165) is 18.6 Å². The van der Waals surface area contributed by atoms with Crippen LogP contribution in [0.3, 0.4) is 0 Å². The van der Waals surface area contributed by atoms with Crippen molar-refractivity contribution in [3.05, 3.63) is 29.3 Å². The third-order valence-corrected chi connectivity index (χ3v) is 3.91. The zero-order valence-electron chi connectivity index (χ0n) is 10.8. The Bertz CT molecular complexity index is 367. The first kappa shape index (κ1) is 12.4. The van der Waals surface area contributed by atoms with Crippen LogP contribution in [0.15, 0.2) is 18.2 Å². The normalized spacial score (nSPS) is 18.3. The van der Waals surface area contributed by atoms with E-state index < -0.39 is 0 Å². The molecule has 0 saturated heterocycles. The third-order valence-electron chi connectivity index (χ3n) is 3.91. The molecule has 1 aromatic carbocycles. The molecular formula is C15H22O2. The van der Waals surface area contributed by atoms with Crippen molar-refractivity contribution in [2.45, 2.75) is 45.6 Å². The van der Waals surface area contributed by atoms with Gasteiger partial charge in [0.05, 0.1) is 6.10 Å². The van der Waals surface area contributed by atoms with Crippen LogP contribution in [-0.4, -0.2) is 17.8 Å². The van der Waals surface area contributed by atoms with Crippen LogP contribution in [-0.2, 0) is 0 Å². The van der Waals surface area contributed by atoms with Gasteiger partial charge in [0.25, 0.3) is 0 Å². The molecule has 1 atom stereocenters. The van der Waals surface area contributed by atoms with Gasteiger partial charge in [0.15, 0.2) is 0 Å². The molecule has 2 rings (SSSR count). The summed E-state index contributed by atoms with van der Waals surface area (Å²) in [6.07, 6.45) is 4.50. The van der Waals surface area contributed by atoms with Crippen LogP contribution >= 0.6 is 0 Å². The van der Waals surface area contributed by atoms with Crippen LogP contribution in [0, 0.1) is 19.8 Å². The molecule has 1 N–H and O–H groups in total. The van der Waals surface area contributed by atoms with Gasteiger partial charge >= 0.3 is 0 Å². The number of benzene rings is 1. The monoisotopic (exact) mass is 234 g/mol. The van der Waals surface area contributed by atoms with E-state index in [0.29, 0.717) is 12.5 Å². The predicted molar refractivity (Wildman–Crippen MR) is 69.4 cm³/mol. The zero-order chi connectivity index (χ0) is 12.3. The molecule has 1 aromatic rings. The second-order valence-electron chi connectivity index (χ2n) is 5.12. The summed E-state index contributed by atoms with van der Waals surface area (Å²) in [7, 11) is 0. The largest absolute Gasteiger partial charge is 0.491 e. The van der Waals surface area contributed by atoms with Crippen LogP contribution in [0.1, 0.15) is 36.8 Å². The van der Waals surface area contributed by atoms with E-state index in [1.807, 2.05) is 12.1 Å². The Morgan fingerprint density at radius 3 is 2.71 bits per heavy atom. The first-order chi connectivity index (χ1) is 8.18. The Morgan fingerprint density at radius 1 is 1.29 bits per heavy atom. The van der Waals surface area contributed by atoms with E-state index in [9.17, 15) is 5.11 Å². The zero-order valence-corrected chi connectivity index (χ0v) is 10.8. The van der Waals surface area contributed by atoms with Gasteiger partial charge in [0.1, 0.15) is 12.4 Å². The molecule has 2 heteroatoms. The molecule has 0 aliphatic heterocycles. The maximum Gasteiger partial charge on any atom is 0.122 e. The standard InChI is InChI=1S/C15H22O2/c1-11-6-5-9-15(12(11)2)17-10-14(16)13-7-3-4-8-13/h5-6,9,13-14,16H,3-4,7-8,10H2,1-2H3. The van der Waals surface area contributed by atoms with E-state index in [2.05, 4.69) is 19.9 Å². The quantitative estimate of drug-likeness (QED) is 0.866. The summed E-state index contributed by atoms with van der Waals surface area (Å²) in [5, 5.41) is 10.0. The second-order valence-corrected chi connectivity index (χ2v) is 5.12. The van der Waals surface area contributed by atoms with Gasteiger partial charge < -0.3 is 9.84 Å². The topological polar surface area (TPSA) is 29.5 Å². The van der Waals surface area contributed by atoms with Crippen molar-refractivity contribution < 1.29 is 9.84 Å². The molecule has 1 unspecified atom stereocenters. The van der Waals surface area contributed by atoms with Crippen molar-refractivity contribution in [3.63, 3.8) is 0 Å². The Hall–Kier alpha value is -1.02. The number of rotatable bonds is 4. The number of aryl methyl sites for hydroxylation is 1. The molecular weight excluding hydrogens is 212 g/mol. The van der Waals surface area contributed by atoms with Crippen molar-refractivity contribution in [1.82, 2.24) is 0 Å². The molecule has 1 saturated carbocycles. The lowest BCUT2D eigenvalue weighted by Gasteiger charge is -2.19. The van der Waals surface area contributed by atoms with E-state index in [4.69, 9.17) is 4.74 Å². The van der Waals surface area contributed by atoms with Gasteiger partial charge in [-0.25, -0.2) is 0 Å². The predicted octanol–water partition coefficient (Wildman–Crippen LogP) is 3.23. The highest BCUT2D eigenvalue weighted by Crippen LogP contribution is 2.28. The summed E-state index contributed by atoms with van der Waals surface area (Å²) >= 11 is 0. The SMILES string of the molecule is Cc1cccc(OCC(O)C2CCCC2)c1C. The molecule has 1 aliphatic carbocycles. The van der Waals surface area contributed by atoms with Gasteiger partial charge in [-0.15, -0.1) is 0 Å². The summed E-state index contributed by atoms with van der Waals surface area (Å²) < 4.78 is 5.74. The van der Waals surface area contributed by atoms with Crippen molar-refractivity contribution in [2.75, 3.05) is 6.61 Å². The van der Waals surface area contributed by atoms with E-state index >= 15 is 0 Å². The minimum atomic E-state index is -0.308. The number of aliphatic hydroxyl groups is 1. The fourth-order valence-electron chi connectivity index (χ4n) is 2.53. The summed E-state index contributed by atoms with van der Waals surface area (Å²) in [5.74, 6) is 1.35. The lowest BCUT2D eigenvalue weighted by atomic mass is 10.0. The van der Waals surface area contributed by atoms with Crippen molar-refractivity contribution in [1.29, 1.82) is 0 Å². The van der Waals surface area contributed by atoms with Crippen LogP contribution in [0.5, 0.6) is 5.75 Å². The summed E-state index contributed by atoms with van der Waals surface area (Å²) in [5.41, 5.74) is 2.41. The fraction of sp³-hybridized carbons (Fsp3) is 0.600. The minimum absolute atomic E-state index is 0.308. The Balaban J connectivity index is 1.90. The Morgan fingerprint density at radius 2 is 2.00 bits per heavy atom. The first-order valence-electron chi connectivity index (χ1n) is 6.55. The summed E-state index contributed by atoms with van der Waals surface area (Å²) in [4.78, 5) is 0. The van der Waals surface area contributed by atoms with Crippen LogP contribution in [0.25, 0.3) is 0 Å². The summed E-state index contributed by atoms with van der Waals surface area (Å²) in [6, 6.07) is 6.05. The molecule has 0 aromatic heterocycles. The molecule has 1 aliphatic rings. The molecule has 0 heterocycles. The molecule has 0 radical (unpaired) electrons. The molecule has 17 heavy (non-hydrogen) atoms. The highest BCUT2D eigenvalue weighted by atomic mass is 16.5. The lowest BCUT2D eigenvalue weighted by Crippen LogP contribution is -2.25. The lowest BCUT2D eigenvalue weighted by molar-refractivity contribution is 0.0591. The summed E-state index contributed by atoms with van der Waals surface area (Å²) in [6.45, 7) is 4.57. The minimum Gasteiger partial charge on any atom is -0.491 e. The van der Waals surface area contributed by atoms with Gasteiger partial charge in [0.2, 0.25) is 0 Å². The van der Waals surface area contributed by atoms with E-state index in [1.165, 1.54) is 24.0 Å². The highest BCUT2D eigenvalue weighted by Gasteiger charge is 2.23. The van der Waals surface area contributed by atoms with Gasteiger partial charge in [0, 0.05) is 0 Å². The number of ether oxygens (including phenoxy) is 1. The smallest absolute Gasteiger partial charge is 0.122 e. The van der Waals surface area contributed by atoms with Crippen LogP contribution in [0.4, 0.5) is 0 Å². The number of hydrogen-bond donors (Lipinski definition) is 1. The van der Waals surface area contributed by atoms with Crippen LogP contribution in [0.2, 0.25) is 0 Å². The van der Waals surface area contributed by atoms with Gasteiger partial charge in [-0.05, 0) is 49.8 Å². The third kappa shape index (κ3) is 3.01. The Labute approximate surface area is 104 Å². The van der Waals surface area contributed by atoms with E-state index in [1.54, 1.807) is 0 Å². The van der Waals surface area contributed by atoms with Crippen LogP contribution < -0.4 is 4.74 Å². The fourth-order valence-corrected chi connectivity index (χ4v) is 2.53. The van der Waals surface area contributed by atoms with E-state index in [-0.39, 0.29) is 6.10 Å². The van der Waals surface area contributed by atoms with Gasteiger partial charge in [-0.2, -0.15) is 0 Å². The molecule has 0 bridgehead atoms. The van der Waals surface area contributed by atoms with Gasteiger partial charge in [-0.3, -0.25) is 0 Å². The number of aliphatic hydroxyl groups excluding tert-OH is 1. The molecule has 0 amide bonds. The highest BCUT2D eigenvalue weighted by molar-refractivity contribution is 5.38. The van der Waals surface area contributed by atoms with Gasteiger partial charge in [-0.1, -0.05) is 25.0 Å². The molecule has 2 nitrogen and oxygen atoms in total. The van der Waals surface area contributed by atoms with Crippen molar-refractivity contribution in [2.24, 2.45) is 5.92 Å². The number of hydrogen-bond acceptors (Lipinski definition) is 2. The molecule has 94 valence electrons. The average Bonchev–Trinajstić information content (AvgIpc) is 2.84. The second kappa shape index (κ2) is 5.54.